The van der Waals surface area contributed by atoms with Crippen LogP contribution in [0.25, 0.3) is 0 Å². The summed E-state index contributed by atoms with van der Waals surface area (Å²) >= 11 is 0. The molecule has 1 atom stereocenters. The third-order valence-electron chi connectivity index (χ3n) is 4.19. The van der Waals surface area contributed by atoms with E-state index in [0.717, 1.165) is 37.7 Å². The molecular weight excluding hydrogens is 256 g/mol. The molecule has 0 saturated carbocycles. The van der Waals surface area contributed by atoms with Gasteiger partial charge < -0.3 is 5.11 Å². The van der Waals surface area contributed by atoms with Gasteiger partial charge in [0, 0.05) is 0 Å². The summed E-state index contributed by atoms with van der Waals surface area (Å²) in [5.74, 6) is 0.381. The maximum absolute atomic E-state index is 10.5. The Morgan fingerprint density at radius 3 is 2.10 bits per heavy atom. The number of aliphatic hydroxyl groups is 1. The predicted octanol–water partition coefficient (Wildman–Crippen LogP) is 5.73. The van der Waals surface area contributed by atoms with Crippen molar-refractivity contribution < 1.29 is 5.11 Å². The second-order valence-electron chi connectivity index (χ2n) is 6.73. The van der Waals surface area contributed by atoms with Crippen molar-refractivity contribution in [2.45, 2.75) is 72.8 Å². The van der Waals surface area contributed by atoms with E-state index in [1.165, 1.54) is 16.7 Å². The van der Waals surface area contributed by atoms with Crippen molar-refractivity contribution in [3.63, 3.8) is 0 Å². The highest BCUT2D eigenvalue weighted by molar-refractivity contribution is 5.23. The molecule has 1 rings (SSSR count). The largest absolute Gasteiger partial charge is 0.388 e. The van der Waals surface area contributed by atoms with Gasteiger partial charge in [0.05, 0.1) is 6.10 Å². The third-order valence-corrected chi connectivity index (χ3v) is 4.19. The second kappa shape index (κ2) is 9.04. The Bertz CT molecular complexity index is 446. The average molecular weight is 288 g/mol. The molecule has 0 heterocycles. The number of rotatable bonds is 1. The lowest BCUT2D eigenvalue weighted by Gasteiger charge is -2.19. The maximum atomic E-state index is 10.5. The second-order valence-corrected chi connectivity index (χ2v) is 6.73. The first-order chi connectivity index (χ1) is 9.90. The highest BCUT2D eigenvalue weighted by atomic mass is 16.3. The molecule has 1 nitrogen and oxygen atoms in total. The lowest BCUT2D eigenvalue weighted by molar-refractivity contribution is 0.200. The fourth-order valence-electron chi connectivity index (χ4n) is 2.71. The molecule has 0 spiro atoms. The number of aliphatic hydroxyl groups excluding tert-OH is 1. The summed E-state index contributed by atoms with van der Waals surface area (Å²) in [7, 11) is 0. The van der Waals surface area contributed by atoms with Crippen LogP contribution in [0.15, 0.2) is 46.6 Å². The molecule has 0 bridgehead atoms. The van der Waals surface area contributed by atoms with Crippen molar-refractivity contribution in [2.75, 3.05) is 0 Å². The molecule has 0 aromatic carbocycles. The van der Waals surface area contributed by atoms with Gasteiger partial charge in [-0.1, -0.05) is 54.9 Å². The van der Waals surface area contributed by atoms with E-state index in [2.05, 4.69) is 58.9 Å². The summed E-state index contributed by atoms with van der Waals surface area (Å²) in [6.45, 7) is 10.9. The highest BCUT2D eigenvalue weighted by Gasteiger charge is 2.14. The predicted molar refractivity (Wildman–Crippen MR) is 93.3 cm³/mol. The fraction of sp³-hybridized carbons (Fsp3) is 0.600. The minimum absolute atomic E-state index is 0.357. The average Bonchev–Trinajstić information content (AvgIpc) is 2.37. The topological polar surface area (TPSA) is 20.2 Å². The zero-order valence-electron chi connectivity index (χ0n) is 14.4. The van der Waals surface area contributed by atoms with Crippen molar-refractivity contribution in [3.05, 3.63) is 46.6 Å². The molecule has 0 saturated heterocycles. The quantitative estimate of drug-likeness (QED) is 0.611. The van der Waals surface area contributed by atoms with Gasteiger partial charge in [-0.2, -0.15) is 0 Å². The molecular formula is C20H32O. The molecule has 118 valence electrons. The van der Waals surface area contributed by atoms with E-state index in [4.69, 9.17) is 0 Å². The molecule has 0 aromatic heterocycles. The first-order valence-corrected chi connectivity index (χ1v) is 8.26. The Morgan fingerprint density at radius 1 is 0.905 bits per heavy atom. The van der Waals surface area contributed by atoms with Crippen molar-refractivity contribution in [1.29, 1.82) is 0 Å². The molecule has 0 aliphatic heterocycles. The smallest absolute Gasteiger partial charge is 0.0792 e. The summed E-state index contributed by atoms with van der Waals surface area (Å²) in [6.07, 6.45) is 13.8. The summed E-state index contributed by atoms with van der Waals surface area (Å²) in [4.78, 5) is 0. The lowest BCUT2D eigenvalue weighted by Crippen LogP contribution is -2.15. The summed E-state index contributed by atoms with van der Waals surface area (Å²) in [5.41, 5.74) is 5.29. The van der Waals surface area contributed by atoms with E-state index in [9.17, 15) is 5.11 Å². The zero-order chi connectivity index (χ0) is 15.8. The molecule has 0 radical (unpaired) electrons. The van der Waals surface area contributed by atoms with Crippen molar-refractivity contribution >= 4 is 0 Å². The van der Waals surface area contributed by atoms with Gasteiger partial charge in [-0.3, -0.25) is 0 Å². The van der Waals surface area contributed by atoms with Crippen molar-refractivity contribution in [1.82, 2.24) is 0 Å². The Balaban J connectivity index is 3.00. The molecule has 0 unspecified atom stereocenters. The summed E-state index contributed by atoms with van der Waals surface area (Å²) < 4.78 is 0. The molecule has 1 aliphatic carbocycles. The van der Waals surface area contributed by atoms with Crippen LogP contribution in [-0.2, 0) is 0 Å². The number of hydrogen-bond donors (Lipinski definition) is 1. The molecule has 21 heavy (non-hydrogen) atoms. The van der Waals surface area contributed by atoms with Gasteiger partial charge in [0.1, 0.15) is 0 Å². The van der Waals surface area contributed by atoms with Gasteiger partial charge in [-0.05, 0) is 64.4 Å². The zero-order valence-corrected chi connectivity index (χ0v) is 14.4. The first kappa shape index (κ1) is 18.0. The molecule has 0 fully saturated rings. The summed E-state index contributed by atoms with van der Waals surface area (Å²) in [5, 5.41) is 10.5. The van der Waals surface area contributed by atoms with E-state index in [1.54, 1.807) is 0 Å². The van der Waals surface area contributed by atoms with E-state index >= 15 is 0 Å². The van der Waals surface area contributed by atoms with Gasteiger partial charge in [0.2, 0.25) is 0 Å². The van der Waals surface area contributed by atoms with Crippen LogP contribution in [0.2, 0.25) is 0 Å². The lowest BCUT2D eigenvalue weighted by atomic mass is 9.92. The summed E-state index contributed by atoms with van der Waals surface area (Å²) in [6, 6.07) is 0. The number of allylic oxidation sites excluding steroid dienone is 6. The Kier molecular flexibility index (Phi) is 7.74. The number of hydrogen-bond acceptors (Lipinski definition) is 1. The molecule has 1 heteroatoms. The molecule has 1 N–H and O–H groups in total. The van der Waals surface area contributed by atoms with Gasteiger partial charge >= 0.3 is 0 Å². The van der Waals surface area contributed by atoms with E-state index in [1.807, 2.05) is 0 Å². The molecule has 0 amide bonds. The van der Waals surface area contributed by atoms with Crippen LogP contribution in [-0.4, -0.2) is 11.2 Å². The minimum atomic E-state index is -0.357. The third kappa shape index (κ3) is 6.95. The van der Waals surface area contributed by atoms with Crippen molar-refractivity contribution in [2.24, 2.45) is 5.92 Å². The van der Waals surface area contributed by atoms with Crippen LogP contribution in [0.5, 0.6) is 0 Å². The van der Waals surface area contributed by atoms with E-state index in [-0.39, 0.29) is 6.10 Å². The Labute approximate surface area is 131 Å². The normalized spacial score (nSPS) is 32.8. The monoisotopic (exact) mass is 288 g/mol. The van der Waals surface area contributed by atoms with Crippen LogP contribution in [0.1, 0.15) is 66.7 Å². The van der Waals surface area contributed by atoms with E-state index < -0.39 is 0 Å². The minimum Gasteiger partial charge on any atom is -0.388 e. The van der Waals surface area contributed by atoms with Gasteiger partial charge in [-0.15, -0.1) is 0 Å². The van der Waals surface area contributed by atoms with Crippen LogP contribution >= 0.6 is 0 Å². The Morgan fingerprint density at radius 2 is 1.48 bits per heavy atom. The maximum Gasteiger partial charge on any atom is 0.0792 e. The van der Waals surface area contributed by atoms with Gasteiger partial charge in [-0.25, -0.2) is 0 Å². The highest BCUT2D eigenvalue weighted by Crippen LogP contribution is 2.22. The van der Waals surface area contributed by atoms with E-state index in [0.29, 0.717) is 5.92 Å². The standard InChI is InChI=1S/C20H32O/c1-15(2)19-13-12-17(4)10-6-8-16(3)9-7-11-18(5)14-20(19)21/h8,11-13,15,20-21H,6-7,9-10,14H2,1-5H3/b16-8+,17-12-,18-11+,19-13+/t20-/m0/s1. The van der Waals surface area contributed by atoms with Crippen molar-refractivity contribution in [3.8, 4) is 0 Å². The van der Waals surface area contributed by atoms with Crippen LogP contribution in [0.3, 0.4) is 0 Å². The van der Waals surface area contributed by atoms with Crippen LogP contribution in [0, 0.1) is 5.92 Å². The van der Waals surface area contributed by atoms with Crippen LogP contribution < -0.4 is 0 Å². The molecule has 0 aromatic rings. The molecule has 1 aliphatic rings. The van der Waals surface area contributed by atoms with Gasteiger partial charge in [0.25, 0.3) is 0 Å². The van der Waals surface area contributed by atoms with Gasteiger partial charge in [0.15, 0.2) is 0 Å². The SMILES string of the molecule is C/C1=C/C=C(\C(C)C)[C@@H](O)C/C(C)=C/CC/C(C)=C/CC1. The Hall–Kier alpha value is -1.08. The van der Waals surface area contributed by atoms with Crippen LogP contribution in [0.4, 0.5) is 0 Å². The fourth-order valence-corrected chi connectivity index (χ4v) is 2.71. The first-order valence-electron chi connectivity index (χ1n) is 8.26.